The van der Waals surface area contributed by atoms with Gasteiger partial charge in [0.05, 0.1) is 6.04 Å². The molecule has 72 valence electrons. The highest BCUT2D eigenvalue weighted by atomic mass is 32.1. The molecule has 1 unspecified atom stereocenters. The first kappa shape index (κ1) is 10.2. The summed E-state index contributed by atoms with van der Waals surface area (Å²) in [6.45, 7) is 3.53. The van der Waals surface area contributed by atoms with Crippen LogP contribution < -0.4 is 0 Å². The van der Waals surface area contributed by atoms with Crippen LogP contribution in [0, 0.1) is 0 Å². The van der Waals surface area contributed by atoms with Crippen LogP contribution in [0.15, 0.2) is 17.5 Å². The molecular formula is C9H13NO2S. The predicted octanol–water partition coefficient (Wildman–Crippen LogP) is 2.44. The van der Waals surface area contributed by atoms with E-state index >= 15 is 0 Å². The van der Waals surface area contributed by atoms with Gasteiger partial charge < -0.3 is 0 Å². The predicted molar refractivity (Wildman–Crippen MR) is 51.7 cm³/mol. The molecule has 3 nitrogen and oxygen atoms in total. The zero-order valence-corrected chi connectivity index (χ0v) is 8.54. The van der Waals surface area contributed by atoms with Gasteiger partial charge in [0.2, 0.25) is 5.91 Å². The van der Waals surface area contributed by atoms with E-state index in [0.29, 0.717) is 6.42 Å². The zero-order chi connectivity index (χ0) is 9.84. The van der Waals surface area contributed by atoms with E-state index < -0.39 is 0 Å². The smallest absolute Gasteiger partial charge is 0.246 e. The van der Waals surface area contributed by atoms with Crippen molar-refractivity contribution in [3.63, 3.8) is 0 Å². The van der Waals surface area contributed by atoms with Crippen molar-refractivity contribution in [1.82, 2.24) is 5.06 Å². The third kappa shape index (κ3) is 2.29. The SMILES string of the molecule is CCC(=O)N(O)C(C)c1cccs1. The van der Waals surface area contributed by atoms with Crippen LogP contribution in [0.25, 0.3) is 0 Å². The summed E-state index contributed by atoms with van der Waals surface area (Å²) in [4.78, 5) is 12.1. The van der Waals surface area contributed by atoms with Gasteiger partial charge in [-0.05, 0) is 18.4 Å². The Morgan fingerprint density at radius 2 is 2.46 bits per heavy atom. The van der Waals surface area contributed by atoms with Crippen LogP contribution in [0.3, 0.4) is 0 Å². The van der Waals surface area contributed by atoms with Gasteiger partial charge in [-0.25, -0.2) is 5.06 Å². The summed E-state index contributed by atoms with van der Waals surface area (Å²) in [6.07, 6.45) is 0.326. The molecule has 4 heteroatoms. The topological polar surface area (TPSA) is 40.5 Å². The molecule has 1 heterocycles. The van der Waals surface area contributed by atoms with Gasteiger partial charge in [0.1, 0.15) is 0 Å². The lowest BCUT2D eigenvalue weighted by atomic mass is 10.2. The standard InChI is InChI=1S/C9H13NO2S/c1-3-9(11)10(12)7(2)8-5-4-6-13-8/h4-7,12H,3H2,1-2H3. The second kappa shape index (κ2) is 4.39. The Labute approximate surface area is 81.6 Å². The molecule has 1 rings (SSSR count). The van der Waals surface area contributed by atoms with E-state index in [1.54, 1.807) is 13.8 Å². The van der Waals surface area contributed by atoms with E-state index in [9.17, 15) is 10.0 Å². The number of rotatable bonds is 3. The van der Waals surface area contributed by atoms with Gasteiger partial charge in [-0.2, -0.15) is 0 Å². The quantitative estimate of drug-likeness (QED) is 0.600. The lowest BCUT2D eigenvalue weighted by molar-refractivity contribution is -0.174. The number of hydrogen-bond donors (Lipinski definition) is 1. The molecule has 0 aliphatic heterocycles. The Morgan fingerprint density at radius 1 is 1.77 bits per heavy atom. The molecule has 1 amide bonds. The van der Waals surface area contributed by atoms with Crippen molar-refractivity contribution in [2.24, 2.45) is 0 Å². The van der Waals surface area contributed by atoms with E-state index in [4.69, 9.17) is 0 Å². The highest BCUT2D eigenvalue weighted by Crippen LogP contribution is 2.23. The van der Waals surface area contributed by atoms with Gasteiger partial charge in [-0.15, -0.1) is 11.3 Å². The second-order valence-electron chi connectivity index (χ2n) is 2.78. The van der Waals surface area contributed by atoms with E-state index in [0.717, 1.165) is 9.94 Å². The molecule has 1 N–H and O–H groups in total. The van der Waals surface area contributed by atoms with Crippen molar-refractivity contribution in [3.05, 3.63) is 22.4 Å². The molecule has 13 heavy (non-hydrogen) atoms. The van der Waals surface area contributed by atoms with Gasteiger partial charge in [-0.3, -0.25) is 10.0 Å². The van der Waals surface area contributed by atoms with Crippen LogP contribution in [0.5, 0.6) is 0 Å². The number of hydroxylamine groups is 2. The molecule has 0 fully saturated rings. The number of carbonyl (C=O) groups is 1. The summed E-state index contributed by atoms with van der Waals surface area (Å²) in [7, 11) is 0. The van der Waals surface area contributed by atoms with E-state index in [1.807, 2.05) is 17.5 Å². The summed E-state index contributed by atoms with van der Waals surface area (Å²) < 4.78 is 0. The van der Waals surface area contributed by atoms with Gasteiger partial charge in [-0.1, -0.05) is 13.0 Å². The molecule has 0 saturated carbocycles. The van der Waals surface area contributed by atoms with Crippen LogP contribution in [-0.2, 0) is 4.79 Å². The largest absolute Gasteiger partial charge is 0.285 e. The number of hydrogen-bond acceptors (Lipinski definition) is 3. The fourth-order valence-corrected chi connectivity index (χ4v) is 1.80. The van der Waals surface area contributed by atoms with Crippen LogP contribution in [-0.4, -0.2) is 16.2 Å². The number of amides is 1. The maximum atomic E-state index is 11.1. The molecule has 1 atom stereocenters. The van der Waals surface area contributed by atoms with Gasteiger partial charge in [0.15, 0.2) is 0 Å². The molecule has 0 aliphatic rings. The summed E-state index contributed by atoms with van der Waals surface area (Å²) in [5, 5.41) is 12.2. The molecule has 0 aromatic carbocycles. The fraction of sp³-hybridized carbons (Fsp3) is 0.444. The van der Waals surface area contributed by atoms with Crippen LogP contribution in [0.1, 0.15) is 31.2 Å². The molecule has 0 spiro atoms. The maximum Gasteiger partial charge on any atom is 0.246 e. The van der Waals surface area contributed by atoms with Gasteiger partial charge in [0, 0.05) is 11.3 Å². The number of nitrogens with zero attached hydrogens (tertiary/aromatic N) is 1. The first-order valence-corrected chi connectivity index (χ1v) is 5.09. The average molecular weight is 199 g/mol. The Morgan fingerprint density at radius 3 is 2.92 bits per heavy atom. The van der Waals surface area contributed by atoms with Crippen molar-refractivity contribution in [1.29, 1.82) is 0 Å². The average Bonchev–Trinajstić information content (AvgIpc) is 2.67. The van der Waals surface area contributed by atoms with Crippen molar-refractivity contribution in [2.75, 3.05) is 0 Å². The molecule has 0 aliphatic carbocycles. The van der Waals surface area contributed by atoms with E-state index in [-0.39, 0.29) is 11.9 Å². The van der Waals surface area contributed by atoms with E-state index in [2.05, 4.69) is 0 Å². The van der Waals surface area contributed by atoms with Crippen molar-refractivity contribution >= 4 is 17.2 Å². The van der Waals surface area contributed by atoms with Crippen molar-refractivity contribution in [2.45, 2.75) is 26.3 Å². The first-order chi connectivity index (χ1) is 6.16. The van der Waals surface area contributed by atoms with Crippen LogP contribution in [0.4, 0.5) is 0 Å². The lowest BCUT2D eigenvalue weighted by Gasteiger charge is -2.20. The van der Waals surface area contributed by atoms with Gasteiger partial charge >= 0.3 is 0 Å². The third-order valence-electron chi connectivity index (χ3n) is 1.88. The Balaban J connectivity index is 2.68. The highest BCUT2D eigenvalue weighted by Gasteiger charge is 2.18. The zero-order valence-electron chi connectivity index (χ0n) is 7.73. The molecular weight excluding hydrogens is 186 g/mol. The second-order valence-corrected chi connectivity index (χ2v) is 3.76. The minimum atomic E-state index is -0.249. The summed E-state index contributed by atoms with van der Waals surface area (Å²) in [5.41, 5.74) is 0. The number of carbonyl (C=O) groups excluding carboxylic acids is 1. The molecule has 0 radical (unpaired) electrons. The third-order valence-corrected chi connectivity index (χ3v) is 2.92. The summed E-state index contributed by atoms with van der Waals surface area (Å²) >= 11 is 1.53. The first-order valence-electron chi connectivity index (χ1n) is 4.21. The van der Waals surface area contributed by atoms with Crippen molar-refractivity contribution < 1.29 is 10.0 Å². The Hall–Kier alpha value is -0.870. The monoisotopic (exact) mass is 199 g/mol. The minimum Gasteiger partial charge on any atom is -0.285 e. The van der Waals surface area contributed by atoms with Crippen LogP contribution in [0.2, 0.25) is 0 Å². The molecule has 1 aromatic heterocycles. The molecule has 1 aromatic rings. The summed E-state index contributed by atoms with van der Waals surface area (Å²) in [5.74, 6) is -0.249. The maximum absolute atomic E-state index is 11.1. The van der Waals surface area contributed by atoms with Crippen LogP contribution >= 0.6 is 11.3 Å². The Kier molecular flexibility index (Phi) is 3.45. The number of thiophene rings is 1. The van der Waals surface area contributed by atoms with E-state index in [1.165, 1.54) is 11.3 Å². The minimum absolute atomic E-state index is 0.243. The summed E-state index contributed by atoms with van der Waals surface area (Å²) in [6, 6.07) is 3.56. The normalized spacial score (nSPS) is 12.5. The molecule has 0 bridgehead atoms. The fourth-order valence-electron chi connectivity index (χ4n) is 1.03. The van der Waals surface area contributed by atoms with Gasteiger partial charge in [0.25, 0.3) is 0 Å². The lowest BCUT2D eigenvalue weighted by Crippen LogP contribution is -2.28. The Bertz CT molecular complexity index is 271. The highest BCUT2D eigenvalue weighted by molar-refractivity contribution is 7.10. The van der Waals surface area contributed by atoms with Crippen molar-refractivity contribution in [3.8, 4) is 0 Å². The molecule has 0 saturated heterocycles.